The molecule has 15 heavy (non-hydrogen) atoms. The molecule has 1 amide bonds. The summed E-state index contributed by atoms with van der Waals surface area (Å²) in [6.07, 6.45) is 3.30. The Balaban J connectivity index is 2.63. The predicted octanol–water partition coefficient (Wildman–Crippen LogP) is 0.969. The van der Waals surface area contributed by atoms with Crippen LogP contribution in [0.15, 0.2) is 30.5 Å². The number of aliphatic carboxylic acids is 1. The smallest absolute Gasteiger partial charge is 0.328 e. The molecule has 1 aromatic heterocycles. The first kappa shape index (κ1) is 10.9. The van der Waals surface area contributed by atoms with E-state index in [4.69, 9.17) is 5.11 Å². The van der Waals surface area contributed by atoms with Gasteiger partial charge in [0.05, 0.1) is 0 Å². The molecule has 1 aromatic rings. The second-order valence-corrected chi connectivity index (χ2v) is 2.85. The maximum Gasteiger partial charge on any atom is 0.328 e. The fourth-order valence-corrected chi connectivity index (χ4v) is 0.954. The van der Waals surface area contributed by atoms with Crippen LogP contribution in [0, 0.1) is 6.92 Å². The highest BCUT2D eigenvalue weighted by atomic mass is 16.4. The zero-order valence-corrected chi connectivity index (χ0v) is 8.10. The van der Waals surface area contributed by atoms with Gasteiger partial charge < -0.3 is 10.4 Å². The number of hydrogen-bond donors (Lipinski definition) is 2. The molecule has 0 unspecified atom stereocenters. The van der Waals surface area contributed by atoms with E-state index in [1.165, 1.54) is 0 Å². The number of carboxylic acid groups (broad SMARTS) is 1. The first-order valence-corrected chi connectivity index (χ1v) is 4.22. The van der Waals surface area contributed by atoms with Crippen molar-refractivity contribution in [3.05, 3.63) is 36.2 Å². The number of nitrogens with zero attached hydrogens (tertiary/aromatic N) is 1. The standard InChI is InChI=1S/C10H10N2O3/c1-7-6-8(4-5-11-7)12-9(13)2-3-10(14)15/h2-6H,1H3,(H,14,15)(H,11,12,13)/b3-2+. The van der Waals surface area contributed by atoms with Crippen molar-refractivity contribution in [3.8, 4) is 0 Å². The van der Waals surface area contributed by atoms with Crippen molar-refractivity contribution < 1.29 is 14.7 Å². The van der Waals surface area contributed by atoms with Crippen LogP contribution < -0.4 is 5.32 Å². The zero-order valence-electron chi connectivity index (χ0n) is 8.10. The zero-order chi connectivity index (χ0) is 11.3. The molecule has 78 valence electrons. The molecule has 5 heteroatoms. The van der Waals surface area contributed by atoms with Crippen LogP contribution in [0.2, 0.25) is 0 Å². The SMILES string of the molecule is Cc1cc(NC(=O)/C=C/C(=O)O)ccn1. The molecule has 0 radical (unpaired) electrons. The number of hydrogen-bond acceptors (Lipinski definition) is 3. The maximum atomic E-state index is 11.1. The van der Waals surface area contributed by atoms with E-state index in [1.54, 1.807) is 25.3 Å². The number of amides is 1. The summed E-state index contributed by atoms with van der Waals surface area (Å²) in [5, 5.41) is 10.8. The van der Waals surface area contributed by atoms with Crippen molar-refractivity contribution in [2.24, 2.45) is 0 Å². The number of aryl methyl sites for hydroxylation is 1. The molecule has 0 saturated carbocycles. The number of aromatic nitrogens is 1. The van der Waals surface area contributed by atoms with E-state index >= 15 is 0 Å². The van der Waals surface area contributed by atoms with Crippen molar-refractivity contribution >= 4 is 17.6 Å². The van der Waals surface area contributed by atoms with Gasteiger partial charge in [-0.15, -0.1) is 0 Å². The molecule has 0 aliphatic carbocycles. The molecule has 0 spiro atoms. The first-order valence-electron chi connectivity index (χ1n) is 4.22. The van der Waals surface area contributed by atoms with E-state index in [1.807, 2.05) is 0 Å². The Morgan fingerprint density at radius 2 is 2.20 bits per heavy atom. The molecule has 0 saturated heterocycles. The van der Waals surface area contributed by atoms with Crippen molar-refractivity contribution in [2.45, 2.75) is 6.92 Å². The van der Waals surface area contributed by atoms with Gasteiger partial charge in [-0.1, -0.05) is 0 Å². The van der Waals surface area contributed by atoms with Crippen LogP contribution in [0.4, 0.5) is 5.69 Å². The van der Waals surface area contributed by atoms with Crippen LogP contribution in [-0.2, 0) is 9.59 Å². The summed E-state index contributed by atoms with van der Waals surface area (Å²) in [5.41, 5.74) is 1.36. The van der Waals surface area contributed by atoms with E-state index < -0.39 is 11.9 Å². The Morgan fingerprint density at radius 3 is 2.80 bits per heavy atom. The van der Waals surface area contributed by atoms with Gasteiger partial charge >= 0.3 is 5.97 Å². The van der Waals surface area contributed by atoms with Gasteiger partial charge in [-0.2, -0.15) is 0 Å². The molecular weight excluding hydrogens is 196 g/mol. The summed E-state index contributed by atoms with van der Waals surface area (Å²) in [7, 11) is 0. The van der Waals surface area contributed by atoms with E-state index in [9.17, 15) is 9.59 Å². The number of carbonyl (C=O) groups is 2. The minimum atomic E-state index is -1.16. The molecule has 0 bridgehead atoms. The van der Waals surface area contributed by atoms with Crippen molar-refractivity contribution in [3.63, 3.8) is 0 Å². The molecule has 0 aliphatic heterocycles. The van der Waals surface area contributed by atoms with Crippen LogP contribution in [0.1, 0.15) is 5.69 Å². The third kappa shape index (κ3) is 4.04. The highest BCUT2D eigenvalue weighted by molar-refractivity contribution is 6.02. The summed E-state index contributed by atoms with van der Waals surface area (Å²) in [6, 6.07) is 3.31. The summed E-state index contributed by atoms with van der Waals surface area (Å²) in [4.78, 5) is 25.2. The van der Waals surface area contributed by atoms with Gasteiger partial charge in [-0.3, -0.25) is 9.78 Å². The fraction of sp³-hybridized carbons (Fsp3) is 0.100. The lowest BCUT2D eigenvalue weighted by Gasteiger charge is -2.01. The van der Waals surface area contributed by atoms with E-state index in [0.717, 1.165) is 17.8 Å². The highest BCUT2D eigenvalue weighted by Crippen LogP contribution is 2.06. The molecule has 5 nitrogen and oxygen atoms in total. The number of rotatable bonds is 3. The van der Waals surface area contributed by atoms with E-state index in [2.05, 4.69) is 10.3 Å². The summed E-state index contributed by atoms with van der Waals surface area (Å²) >= 11 is 0. The average Bonchev–Trinajstić information content (AvgIpc) is 2.15. The van der Waals surface area contributed by atoms with Crippen LogP contribution in [0.5, 0.6) is 0 Å². The fourth-order valence-electron chi connectivity index (χ4n) is 0.954. The molecular formula is C10H10N2O3. The number of carbonyl (C=O) groups excluding carboxylic acids is 1. The lowest BCUT2D eigenvalue weighted by molar-refractivity contribution is -0.131. The molecule has 1 rings (SSSR count). The lowest BCUT2D eigenvalue weighted by atomic mass is 10.3. The summed E-state index contributed by atoms with van der Waals surface area (Å²) < 4.78 is 0. The Kier molecular flexibility index (Phi) is 3.56. The molecule has 0 fully saturated rings. The van der Waals surface area contributed by atoms with Crippen LogP contribution in [0.25, 0.3) is 0 Å². The van der Waals surface area contributed by atoms with Gasteiger partial charge in [0.2, 0.25) is 5.91 Å². The Morgan fingerprint density at radius 1 is 1.47 bits per heavy atom. The number of carboxylic acids is 1. The van der Waals surface area contributed by atoms with E-state index in [-0.39, 0.29) is 0 Å². The lowest BCUT2D eigenvalue weighted by Crippen LogP contribution is -2.08. The quantitative estimate of drug-likeness (QED) is 0.722. The Bertz CT molecular complexity index is 413. The summed E-state index contributed by atoms with van der Waals surface area (Å²) in [5.74, 6) is -1.64. The maximum absolute atomic E-state index is 11.1. The highest BCUT2D eigenvalue weighted by Gasteiger charge is 1.98. The van der Waals surface area contributed by atoms with Crippen molar-refractivity contribution in [2.75, 3.05) is 5.32 Å². The van der Waals surface area contributed by atoms with Crippen molar-refractivity contribution in [1.29, 1.82) is 0 Å². The predicted molar refractivity (Wildman–Crippen MR) is 54.4 cm³/mol. The van der Waals surface area contributed by atoms with Gasteiger partial charge in [0.15, 0.2) is 0 Å². The monoisotopic (exact) mass is 206 g/mol. The molecule has 2 N–H and O–H groups in total. The summed E-state index contributed by atoms with van der Waals surface area (Å²) in [6.45, 7) is 1.79. The number of nitrogens with one attached hydrogen (secondary N) is 1. The normalized spacial score (nSPS) is 10.2. The average molecular weight is 206 g/mol. The van der Waals surface area contributed by atoms with Gasteiger partial charge in [0.1, 0.15) is 0 Å². The topological polar surface area (TPSA) is 79.3 Å². The van der Waals surface area contributed by atoms with Crippen LogP contribution in [0.3, 0.4) is 0 Å². The molecule has 0 aliphatic rings. The van der Waals surface area contributed by atoms with Gasteiger partial charge in [-0.05, 0) is 19.1 Å². The minimum Gasteiger partial charge on any atom is -0.478 e. The van der Waals surface area contributed by atoms with Crippen LogP contribution in [-0.4, -0.2) is 22.0 Å². The van der Waals surface area contributed by atoms with Gasteiger partial charge in [0.25, 0.3) is 0 Å². The second-order valence-electron chi connectivity index (χ2n) is 2.85. The van der Waals surface area contributed by atoms with E-state index in [0.29, 0.717) is 5.69 Å². The Hall–Kier alpha value is -2.17. The molecule has 0 atom stereocenters. The third-order valence-corrected chi connectivity index (χ3v) is 1.54. The number of anilines is 1. The van der Waals surface area contributed by atoms with Crippen LogP contribution >= 0.6 is 0 Å². The third-order valence-electron chi connectivity index (χ3n) is 1.54. The van der Waals surface area contributed by atoms with Gasteiger partial charge in [-0.25, -0.2) is 4.79 Å². The largest absolute Gasteiger partial charge is 0.478 e. The minimum absolute atomic E-state index is 0.483. The number of pyridine rings is 1. The molecule has 1 heterocycles. The molecule has 0 aromatic carbocycles. The second kappa shape index (κ2) is 4.90. The van der Waals surface area contributed by atoms with Crippen molar-refractivity contribution in [1.82, 2.24) is 4.98 Å². The Labute approximate surface area is 86.5 Å². The first-order chi connectivity index (χ1) is 7.08. The van der Waals surface area contributed by atoms with Gasteiger partial charge in [0, 0.05) is 29.7 Å².